The highest BCUT2D eigenvalue weighted by atomic mass is 127. The van der Waals surface area contributed by atoms with E-state index in [1.165, 1.54) is 6.42 Å². The number of methoxy groups -OCH3 is 1. The minimum Gasteiger partial charge on any atom is -0.384 e. The van der Waals surface area contributed by atoms with E-state index in [4.69, 9.17) is 9.47 Å². The fraction of sp³-hybridized carbons (Fsp3) is 0.923. The number of hydrogen-bond acceptors (Lipinski definition) is 3. The number of hydrogen-bond donors (Lipinski definition) is 1. The van der Waals surface area contributed by atoms with Gasteiger partial charge < -0.3 is 19.7 Å². The summed E-state index contributed by atoms with van der Waals surface area (Å²) in [5.74, 6) is 1.64. The maximum atomic E-state index is 5.31. The van der Waals surface area contributed by atoms with E-state index in [2.05, 4.69) is 15.2 Å². The number of halogens is 1. The zero-order valence-electron chi connectivity index (χ0n) is 12.4. The van der Waals surface area contributed by atoms with Gasteiger partial charge in [-0.1, -0.05) is 0 Å². The molecule has 0 aliphatic carbocycles. The molecule has 0 aromatic carbocycles. The first kappa shape index (κ1) is 18.9. The summed E-state index contributed by atoms with van der Waals surface area (Å²) in [5, 5.41) is 3.39. The van der Waals surface area contributed by atoms with Gasteiger partial charge in [0.25, 0.3) is 0 Å². The zero-order chi connectivity index (χ0) is 13.2. The number of rotatable bonds is 7. The molecule has 1 saturated heterocycles. The maximum Gasteiger partial charge on any atom is 0.193 e. The molecule has 114 valence electrons. The minimum atomic E-state index is 0. The van der Waals surface area contributed by atoms with Crippen molar-refractivity contribution in [3.05, 3.63) is 0 Å². The van der Waals surface area contributed by atoms with Crippen molar-refractivity contribution in [3.63, 3.8) is 0 Å². The van der Waals surface area contributed by atoms with Crippen LogP contribution in [0, 0.1) is 5.92 Å². The highest BCUT2D eigenvalue weighted by molar-refractivity contribution is 14.0. The van der Waals surface area contributed by atoms with E-state index in [1.807, 2.05) is 14.0 Å². The van der Waals surface area contributed by atoms with E-state index in [9.17, 15) is 0 Å². The van der Waals surface area contributed by atoms with Crippen molar-refractivity contribution in [2.75, 3.05) is 53.6 Å². The molecule has 0 spiro atoms. The fourth-order valence-electron chi connectivity index (χ4n) is 2.25. The molecule has 1 aliphatic heterocycles. The van der Waals surface area contributed by atoms with Gasteiger partial charge in [0.2, 0.25) is 0 Å². The summed E-state index contributed by atoms with van der Waals surface area (Å²) in [6, 6.07) is 0. The average Bonchev–Trinajstić information content (AvgIpc) is 2.83. The molecule has 1 N–H and O–H groups in total. The van der Waals surface area contributed by atoms with Gasteiger partial charge in [0.05, 0.1) is 6.61 Å². The van der Waals surface area contributed by atoms with E-state index in [0.717, 1.165) is 51.8 Å². The molecule has 19 heavy (non-hydrogen) atoms. The molecule has 0 aromatic rings. The van der Waals surface area contributed by atoms with Crippen molar-refractivity contribution in [1.29, 1.82) is 0 Å². The van der Waals surface area contributed by atoms with Gasteiger partial charge in [0, 0.05) is 52.9 Å². The molecule has 1 atom stereocenters. The van der Waals surface area contributed by atoms with E-state index >= 15 is 0 Å². The van der Waals surface area contributed by atoms with Crippen LogP contribution in [0.15, 0.2) is 4.99 Å². The third-order valence-corrected chi connectivity index (χ3v) is 3.15. The molecule has 0 amide bonds. The monoisotopic (exact) mass is 385 g/mol. The molecule has 0 radical (unpaired) electrons. The number of ether oxygens (including phenoxy) is 2. The summed E-state index contributed by atoms with van der Waals surface area (Å²) in [7, 11) is 3.61. The van der Waals surface area contributed by atoms with Gasteiger partial charge in [0.1, 0.15) is 0 Å². The second-order valence-corrected chi connectivity index (χ2v) is 4.58. The highest BCUT2D eigenvalue weighted by Crippen LogP contribution is 2.16. The summed E-state index contributed by atoms with van der Waals surface area (Å²) < 4.78 is 10.5. The summed E-state index contributed by atoms with van der Waals surface area (Å²) in [6.07, 6.45) is 2.20. The second-order valence-electron chi connectivity index (χ2n) is 4.58. The Morgan fingerprint density at radius 3 is 2.89 bits per heavy atom. The molecule has 1 rings (SSSR count). The van der Waals surface area contributed by atoms with E-state index in [-0.39, 0.29) is 24.0 Å². The van der Waals surface area contributed by atoms with Gasteiger partial charge in [-0.15, -0.1) is 24.0 Å². The number of likely N-dealkylation sites (tertiary alicyclic amines) is 1. The Kier molecular flexibility index (Phi) is 11.7. The fourth-order valence-corrected chi connectivity index (χ4v) is 2.25. The van der Waals surface area contributed by atoms with Crippen molar-refractivity contribution in [2.24, 2.45) is 10.9 Å². The van der Waals surface area contributed by atoms with Crippen LogP contribution in [-0.2, 0) is 9.47 Å². The third kappa shape index (κ3) is 7.31. The van der Waals surface area contributed by atoms with Crippen LogP contribution in [0.5, 0.6) is 0 Å². The van der Waals surface area contributed by atoms with Gasteiger partial charge in [-0.2, -0.15) is 0 Å². The van der Waals surface area contributed by atoms with Gasteiger partial charge >= 0.3 is 0 Å². The Morgan fingerprint density at radius 2 is 2.26 bits per heavy atom. The molecule has 6 heteroatoms. The first-order valence-electron chi connectivity index (χ1n) is 6.84. The van der Waals surface area contributed by atoms with Crippen LogP contribution in [0.25, 0.3) is 0 Å². The first-order chi connectivity index (χ1) is 8.81. The van der Waals surface area contributed by atoms with Crippen molar-refractivity contribution in [1.82, 2.24) is 10.2 Å². The number of nitrogens with zero attached hydrogens (tertiary/aromatic N) is 2. The van der Waals surface area contributed by atoms with Crippen LogP contribution >= 0.6 is 24.0 Å². The van der Waals surface area contributed by atoms with Crippen molar-refractivity contribution in [3.8, 4) is 0 Å². The standard InChI is InChI=1S/C13H27N3O2.HI/c1-4-18-9-5-7-15-13(14-2)16-8-6-12(10-16)11-17-3;/h12H,4-11H2,1-3H3,(H,14,15);1H. The smallest absolute Gasteiger partial charge is 0.193 e. The van der Waals surface area contributed by atoms with Crippen LogP contribution in [0.3, 0.4) is 0 Å². The Bertz CT molecular complexity index is 252. The zero-order valence-corrected chi connectivity index (χ0v) is 14.7. The molecule has 0 aromatic heterocycles. The number of nitrogens with one attached hydrogen (secondary N) is 1. The predicted octanol–water partition coefficient (Wildman–Crippen LogP) is 1.57. The second kappa shape index (κ2) is 11.7. The van der Waals surface area contributed by atoms with Gasteiger partial charge in [0.15, 0.2) is 5.96 Å². The van der Waals surface area contributed by atoms with Crippen LogP contribution in [0.2, 0.25) is 0 Å². The van der Waals surface area contributed by atoms with Gasteiger partial charge in [-0.3, -0.25) is 4.99 Å². The van der Waals surface area contributed by atoms with Crippen LogP contribution in [-0.4, -0.2) is 64.5 Å². The molecule has 0 saturated carbocycles. The average molecular weight is 385 g/mol. The molecular formula is C13H28IN3O2. The van der Waals surface area contributed by atoms with Crippen LogP contribution in [0.1, 0.15) is 19.8 Å². The van der Waals surface area contributed by atoms with E-state index in [1.54, 1.807) is 7.11 Å². The minimum absolute atomic E-state index is 0. The lowest BCUT2D eigenvalue weighted by Crippen LogP contribution is -2.40. The largest absolute Gasteiger partial charge is 0.384 e. The Morgan fingerprint density at radius 1 is 1.47 bits per heavy atom. The quantitative estimate of drug-likeness (QED) is 0.313. The molecule has 1 heterocycles. The molecule has 1 aliphatic rings. The lowest BCUT2D eigenvalue weighted by Gasteiger charge is -2.21. The Hall–Kier alpha value is -0.0800. The number of aliphatic imine (C=N–C) groups is 1. The molecule has 5 nitrogen and oxygen atoms in total. The highest BCUT2D eigenvalue weighted by Gasteiger charge is 2.24. The van der Waals surface area contributed by atoms with Crippen molar-refractivity contribution in [2.45, 2.75) is 19.8 Å². The summed E-state index contributed by atoms with van der Waals surface area (Å²) >= 11 is 0. The van der Waals surface area contributed by atoms with Gasteiger partial charge in [-0.25, -0.2) is 0 Å². The topological polar surface area (TPSA) is 46.1 Å². The Balaban J connectivity index is 0.00000324. The molecule has 1 unspecified atom stereocenters. The maximum absolute atomic E-state index is 5.31. The molecule has 0 bridgehead atoms. The first-order valence-corrected chi connectivity index (χ1v) is 6.84. The normalized spacial score (nSPS) is 19.4. The summed E-state index contributed by atoms with van der Waals surface area (Å²) in [4.78, 5) is 6.64. The predicted molar refractivity (Wildman–Crippen MR) is 89.4 cm³/mol. The van der Waals surface area contributed by atoms with Crippen LogP contribution < -0.4 is 5.32 Å². The SMILES string of the molecule is CCOCCCNC(=NC)N1CCC(COC)C1.I. The lowest BCUT2D eigenvalue weighted by molar-refractivity contribution is 0.145. The van der Waals surface area contributed by atoms with Crippen molar-refractivity contribution >= 4 is 29.9 Å². The Labute approximate surface area is 134 Å². The van der Waals surface area contributed by atoms with Gasteiger partial charge in [-0.05, 0) is 19.8 Å². The third-order valence-electron chi connectivity index (χ3n) is 3.15. The van der Waals surface area contributed by atoms with E-state index < -0.39 is 0 Å². The number of guanidine groups is 1. The molecule has 1 fully saturated rings. The summed E-state index contributed by atoms with van der Waals surface area (Å²) in [6.45, 7) is 7.49. The lowest BCUT2D eigenvalue weighted by atomic mass is 10.1. The summed E-state index contributed by atoms with van der Waals surface area (Å²) in [5.41, 5.74) is 0. The van der Waals surface area contributed by atoms with Crippen molar-refractivity contribution < 1.29 is 9.47 Å². The molecular weight excluding hydrogens is 357 g/mol. The van der Waals surface area contributed by atoms with E-state index in [0.29, 0.717) is 5.92 Å². The van der Waals surface area contributed by atoms with Crippen LogP contribution in [0.4, 0.5) is 0 Å².